The van der Waals surface area contributed by atoms with Crippen LogP contribution in [-0.2, 0) is 72.1 Å². The molecule has 650 valence electrons. The molecule has 116 heavy (non-hydrogen) atoms. The fourth-order valence-corrected chi connectivity index (χ4v) is 17.4. The van der Waals surface area contributed by atoms with E-state index >= 15 is 4.57 Å². The molecule has 0 saturated carbocycles. The number of hydrogen-bond acceptors (Lipinski definition) is 10. The van der Waals surface area contributed by atoms with Crippen LogP contribution < -0.4 is 13.6 Å². The third-order valence-electron chi connectivity index (χ3n) is 22.4. The van der Waals surface area contributed by atoms with Crippen LogP contribution in [0.15, 0.2) is 146 Å². The molecular formula is C102H156Cl3O10P. The SMILES string of the molecule is CCCCCCCCCCCCCCCCCCOC[C@@H](Cc1cccc(OP(=O)(Oc2cccc(C[C@H](COCCCCCCCCCCCCCCCCCC)OCc3ccccc3)c2Cl)Oc2cccc(C[C@H](COCCCCCCCCCCCCCCCCCC)OCc3ccccc3)c2Cl)c1Cl)OCc1ccccc1. The van der Waals surface area contributed by atoms with Crippen molar-refractivity contribution in [3.05, 3.63) is 194 Å². The largest absolute Gasteiger partial charge is 0.647 e. The van der Waals surface area contributed by atoms with Gasteiger partial charge in [-0.2, -0.15) is 4.57 Å². The van der Waals surface area contributed by atoms with Gasteiger partial charge in [-0.15, -0.1) is 0 Å². The van der Waals surface area contributed by atoms with Gasteiger partial charge in [0, 0.05) is 39.1 Å². The minimum Gasteiger partial charge on any atom is -0.384 e. The number of hydrogen-bond donors (Lipinski definition) is 0. The normalized spacial score (nSPS) is 12.5. The number of phosphoric acid groups is 1. The summed E-state index contributed by atoms with van der Waals surface area (Å²) in [7, 11) is -4.86. The minimum absolute atomic E-state index is 0.0784. The molecule has 0 aliphatic heterocycles. The second-order valence-corrected chi connectivity index (χ2v) is 35.5. The van der Waals surface area contributed by atoms with Gasteiger partial charge in [0.15, 0.2) is 17.2 Å². The Morgan fingerprint density at radius 1 is 0.250 bits per heavy atom. The van der Waals surface area contributed by atoms with Crippen LogP contribution in [0.25, 0.3) is 0 Å². The van der Waals surface area contributed by atoms with Gasteiger partial charge >= 0.3 is 7.82 Å². The maximum Gasteiger partial charge on any atom is 0.647 e. The molecular weight excluding hydrogens is 1520 g/mol. The van der Waals surface area contributed by atoms with Crippen molar-refractivity contribution in [3.63, 3.8) is 0 Å². The molecule has 6 aromatic rings. The summed E-state index contributed by atoms with van der Waals surface area (Å²) in [6.07, 6.45) is 63.0. The van der Waals surface area contributed by atoms with Crippen LogP contribution in [0.5, 0.6) is 17.2 Å². The number of halogens is 3. The molecule has 0 aliphatic carbocycles. The van der Waals surface area contributed by atoms with Crippen LogP contribution in [0, 0.1) is 0 Å². The summed E-state index contributed by atoms with van der Waals surface area (Å²) < 4.78 is 75.2. The van der Waals surface area contributed by atoms with E-state index in [0.29, 0.717) is 95.4 Å². The Kier molecular flexibility index (Phi) is 59.0. The Bertz CT molecular complexity index is 2980. The van der Waals surface area contributed by atoms with Gasteiger partial charge in [0.2, 0.25) is 0 Å². The van der Waals surface area contributed by atoms with Crippen molar-refractivity contribution >= 4 is 42.6 Å². The first-order chi connectivity index (χ1) is 57.2. The number of unbranched alkanes of at least 4 members (excludes halogenated alkanes) is 45. The highest BCUT2D eigenvalue weighted by atomic mass is 35.5. The van der Waals surface area contributed by atoms with Gasteiger partial charge in [-0.1, -0.05) is 472 Å². The molecule has 0 heterocycles. The van der Waals surface area contributed by atoms with Crippen molar-refractivity contribution in [1.29, 1.82) is 0 Å². The highest BCUT2D eigenvalue weighted by Gasteiger charge is 2.37. The average Bonchev–Trinajstić information content (AvgIpc) is 0.798. The Hall–Kier alpha value is -4.42. The first kappa shape index (κ1) is 100. The van der Waals surface area contributed by atoms with Crippen LogP contribution in [0.4, 0.5) is 0 Å². The maximum atomic E-state index is 16.2. The molecule has 0 bridgehead atoms. The Labute approximate surface area is 721 Å². The van der Waals surface area contributed by atoms with Crippen LogP contribution in [0.3, 0.4) is 0 Å². The molecule has 0 amide bonds. The summed E-state index contributed by atoms with van der Waals surface area (Å²) in [5.41, 5.74) is 5.26. The molecule has 6 aromatic carbocycles. The van der Waals surface area contributed by atoms with Crippen LogP contribution in [0.2, 0.25) is 15.1 Å². The predicted octanol–water partition coefficient (Wildman–Crippen LogP) is 32.5. The van der Waals surface area contributed by atoms with Crippen LogP contribution in [0.1, 0.15) is 362 Å². The third kappa shape index (κ3) is 48.3. The zero-order valence-corrected chi connectivity index (χ0v) is 75.8. The lowest BCUT2D eigenvalue weighted by Crippen LogP contribution is -2.23. The second-order valence-electron chi connectivity index (χ2n) is 32.9. The van der Waals surface area contributed by atoms with Crippen LogP contribution in [-0.4, -0.2) is 58.0 Å². The molecule has 6 rings (SSSR count). The molecule has 0 saturated heterocycles. The first-order valence-electron chi connectivity index (χ1n) is 46.9. The molecule has 3 atom stereocenters. The molecule has 0 aromatic heterocycles. The zero-order valence-electron chi connectivity index (χ0n) is 72.7. The summed E-state index contributed by atoms with van der Waals surface area (Å²) in [6.45, 7) is 11.0. The fraction of sp³-hybridized carbons (Fsp3) is 0.647. The highest BCUT2D eigenvalue weighted by molar-refractivity contribution is 7.49. The van der Waals surface area contributed by atoms with Crippen molar-refractivity contribution in [2.75, 3.05) is 39.6 Å². The van der Waals surface area contributed by atoms with E-state index in [1.807, 2.05) is 91.0 Å². The molecule has 10 nitrogen and oxygen atoms in total. The monoisotopic (exact) mass is 1680 g/mol. The summed E-state index contributed by atoms with van der Waals surface area (Å²) in [5.74, 6) is 0.235. The number of phosphoric ester groups is 1. The lowest BCUT2D eigenvalue weighted by molar-refractivity contribution is -0.0249. The summed E-state index contributed by atoms with van der Waals surface area (Å²) in [5, 5.41) is 0.671. The van der Waals surface area contributed by atoms with Gasteiger partial charge in [0.1, 0.15) is 0 Å². The van der Waals surface area contributed by atoms with E-state index in [2.05, 4.69) is 57.2 Å². The standard InChI is InChI=1S/C102H156Cl3O10P/c1-4-7-10-13-16-19-22-25-28-31-34-37-40-43-46-58-76-107-85-94(110-82-88-64-52-49-53-65-88)79-91-70-61-73-97(100(91)103)113-116(106,114-98-74-62-71-92(101(98)104)80-95(111-83-89-66-54-50-55-67-89)86-108-77-59-47-44-41-38-35-32-29-26-23-20-17-14-11-8-5-2)115-99-75-63-72-93(102(99)105)81-96(112-84-90-68-56-51-57-69-90)87-109-78-60-48-45-42-39-36-33-30-27-24-21-18-15-12-9-6-3/h49-57,61-75,94-96H,4-48,58-60,76-87H2,1-3H3/t94-,95-,96-/m1/s1. The lowest BCUT2D eigenvalue weighted by Gasteiger charge is -2.24. The lowest BCUT2D eigenvalue weighted by atomic mass is 10.0. The van der Waals surface area contributed by atoms with Gasteiger partial charge in [0.25, 0.3) is 0 Å². The fourth-order valence-electron chi connectivity index (χ4n) is 15.3. The van der Waals surface area contributed by atoms with E-state index in [9.17, 15) is 0 Å². The topological polar surface area (TPSA) is 100 Å². The summed E-state index contributed by atoms with van der Waals surface area (Å²) in [4.78, 5) is 0. The van der Waals surface area contributed by atoms with Gasteiger partial charge in [0.05, 0.1) is 73.0 Å². The van der Waals surface area contributed by atoms with Gasteiger partial charge < -0.3 is 42.0 Å². The molecule has 0 spiro atoms. The number of rotatable bonds is 78. The quantitative estimate of drug-likeness (QED) is 0.0271. The third-order valence-corrected chi connectivity index (χ3v) is 25.0. The smallest absolute Gasteiger partial charge is 0.384 e. The number of ether oxygens (including phenoxy) is 6. The number of benzene rings is 6. The molecule has 0 unspecified atom stereocenters. The maximum absolute atomic E-state index is 16.2. The van der Waals surface area contributed by atoms with E-state index in [-0.39, 0.29) is 50.6 Å². The minimum atomic E-state index is -4.86. The molecule has 0 radical (unpaired) electrons. The van der Waals surface area contributed by atoms with E-state index in [1.54, 1.807) is 18.2 Å². The van der Waals surface area contributed by atoms with E-state index in [4.69, 9.17) is 76.8 Å². The Morgan fingerprint density at radius 2 is 0.448 bits per heavy atom. The second kappa shape index (κ2) is 68.2. The summed E-state index contributed by atoms with van der Waals surface area (Å²) in [6, 6.07) is 46.7. The van der Waals surface area contributed by atoms with Crippen molar-refractivity contribution in [2.24, 2.45) is 0 Å². The predicted molar refractivity (Wildman–Crippen MR) is 491 cm³/mol. The zero-order chi connectivity index (χ0) is 81.9. The van der Waals surface area contributed by atoms with E-state index in [0.717, 1.165) is 55.2 Å². The van der Waals surface area contributed by atoms with Gasteiger partial charge in [-0.3, -0.25) is 0 Å². The van der Waals surface area contributed by atoms with Crippen LogP contribution >= 0.6 is 42.6 Å². The first-order valence-corrected chi connectivity index (χ1v) is 49.5. The molecule has 0 fully saturated rings. The van der Waals surface area contributed by atoms with E-state index < -0.39 is 7.82 Å². The van der Waals surface area contributed by atoms with E-state index in [1.165, 1.54) is 270 Å². The van der Waals surface area contributed by atoms with Crippen molar-refractivity contribution in [1.82, 2.24) is 0 Å². The Morgan fingerprint density at radius 3 is 0.655 bits per heavy atom. The highest BCUT2D eigenvalue weighted by Crippen LogP contribution is 2.54. The van der Waals surface area contributed by atoms with Crippen molar-refractivity contribution in [2.45, 2.75) is 386 Å². The molecule has 14 heteroatoms. The van der Waals surface area contributed by atoms with Gasteiger partial charge in [-0.25, -0.2) is 0 Å². The van der Waals surface area contributed by atoms with Crippen molar-refractivity contribution in [3.8, 4) is 17.2 Å². The molecule has 0 N–H and O–H groups in total. The van der Waals surface area contributed by atoms with Crippen molar-refractivity contribution < 1.29 is 46.6 Å². The van der Waals surface area contributed by atoms with Gasteiger partial charge in [-0.05, 0) is 70.8 Å². The molecule has 0 aliphatic rings. The summed E-state index contributed by atoms with van der Waals surface area (Å²) >= 11 is 22.4. The Balaban J connectivity index is 1.13. The average molecular weight is 1680 g/mol.